The summed E-state index contributed by atoms with van der Waals surface area (Å²) >= 11 is 0. The highest BCUT2D eigenvalue weighted by Gasteiger charge is 2.17. The molecule has 0 aliphatic carbocycles. The largest absolute Gasteiger partial charge is 0.481 e. The first-order valence-electron chi connectivity index (χ1n) is 9.60. The van der Waals surface area contributed by atoms with E-state index in [2.05, 4.69) is 10.2 Å². The highest BCUT2D eigenvalue weighted by molar-refractivity contribution is 7.92. The Morgan fingerprint density at radius 1 is 1.07 bits per heavy atom. The number of anilines is 3. The summed E-state index contributed by atoms with van der Waals surface area (Å²) < 4.78 is 30.0. The Kier molecular flexibility index (Phi) is 6.32. The number of ether oxygens (including phenoxy) is 1. The smallest absolute Gasteiger partial charge is 0.265 e. The van der Waals surface area contributed by atoms with Crippen LogP contribution in [0.25, 0.3) is 0 Å². The van der Waals surface area contributed by atoms with Gasteiger partial charge in [-0.1, -0.05) is 0 Å². The van der Waals surface area contributed by atoms with Crippen molar-refractivity contribution in [1.29, 1.82) is 0 Å². The summed E-state index contributed by atoms with van der Waals surface area (Å²) in [6.07, 6.45) is 2.88. The molecule has 1 heterocycles. The average Bonchev–Trinajstić information content (AvgIpc) is 3.22. The summed E-state index contributed by atoms with van der Waals surface area (Å²) in [6.45, 7) is 3.83. The van der Waals surface area contributed by atoms with Gasteiger partial charge in [0.15, 0.2) is 6.10 Å². The van der Waals surface area contributed by atoms with Crippen LogP contribution in [0.2, 0.25) is 0 Å². The number of rotatable bonds is 7. The van der Waals surface area contributed by atoms with Crippen molar-refractivity contribution in [3.8, 4) is 5.75 Å². The minimum atomic E-state index is -3.32. The minimum Gasteiger partial charge on any atom is -0.481 e. The van der Waals surface area contributed by atoms with Gasteiger partial charge in [0.25, 0.3) is 5.91 Å². The molecule has 0 saturated carbocycles. The molecule has 156 valence electrons. The molecule has 8 heteroatoms. The van der Waals surface area contributed by atoms with Crippen LogP contribution in [0, 0.1) is 0 Å². The van der Waals surface area contributed by atoms with Gasteiger partial charge in [0, 0.05) is 31.5 Å². The van der Waals surface area contributed by atoms with E-state index in [1.807, 2.05) is 24.3 Å². The first-order valence-corrected chi connectivity index (χ1v) is 11.5. The Morgan fingerprint density at radius 2 is 1.66 bits per heavy atom. The number of carbonyl (C=O) groups excluding carboxylic acids is 1. The van der Waals surface area contributed by atoms with Crippen LogP contribution in [0.3, 0.4) is 0 Å². The lowest BCUT2D eigenvalue weighted by Gasteiger charge is -2.19. The van der Waals surface area contributed by atoms with Crippen molar-refractivity contribution in [2.24, 2.45) is 0 Å². The Morgan fingerprint density at radius 3 is 2.21 bits per heavy atom. The van der Waals surface area contributed by atoms with Crippen molar-refractivity contribution in [3.63, 3.8) is 0 Å². The number of nitrogens with zero attached hydrogens (tertiary/aromatic N) is 2. The lowest BCUT2D eigenvalue weighted by Crippen LogP contribution is -2.30. The molecule has 1 atom stereocenters. The van der Waals surface area contributed by atoms with Crippen LogP contribution in [-0.4, -0.2) is 46.8 Å². The van der Waals surface area contributed by atoms with E-state index in [0.717, 1.165) is 25.0 Å². The van der Waals surface area contributed by atoms with Gasteiger partial charge < -0.3 is 15.0 Å². The van der Waals surface area contributed by atoms with E-state index >= 15 is 0 Å². The number of hydrogen-bond acceptors (Lipinski definition) is 5. The fourth-order valence-electron chi connectivity index (χ4n) is 3.16. The number of hydrogen-bond donors (Lipinski definition) is 1. The molecule has 0 radical (unpaired) electrons. The molecule has 0 spiro atoms. The van der Waals surface area contributed by atoms with Crippen molar-refractivity contribution in [2.75, 3.05) is 40.9 Å². The SMILES string of the molecule is C[C@H](Oc1ccc(N(C)S(C)(=O)=O)cc1)C(=O)Nc1ccc(N2CCCC2)cc1. The molecule has 1 N–H and O–H groups in total. The van der Waals surface area contributed by atoms with Crippen molar-refractivity contribution in [2.45, 2.75) is 25.9 Å². The van der Waals surface area contributed by atoms with Gasteiger partial charge in [0.2, 0.25) is 10.0 Å². The van der Waals surface area contributed by atoms with Crippen LogP contribution >= 0.6 is 0 Å². The van der Waals surface area contributed by atoms with Crippen LogP contribution in [0.15, 0.2) is 48.5 Å². The van der Waals surface area contributed by atoms with Crippen LogP contribution in [0.4, 0.5) is 17.1 Å². The van der Waals surface area contributed by atoms with E-state index in [1.165, 1.54) is 29.9 Å². The second-order valence-electron chi connectivity index (χ2n) is 7.21. The topological polar surface area (TPSA) is 78.9 Å². The molecule has 2 aromatic carbocycles. The number of sulfonamides is 1. The first kappa shape index (κ1) is 21.0. The van der Waals surface area contributed by atoms with Crippen molar-refractivity contribution < 1.29 is 17.9 Å². The normalized spacial score (nSPS) is 15.1. The van der Waals surface area contributed by atoms with Gasteiger partial charge in [-0.25, -0.2) is 8.42 Å². The van der Waals surface area contributed by atoms with Crippen LogP contribution < -0.4 is 19.3 Å². The third kappa shape index (κ3) is 5.41. The quantitative estimate of drug-likeness (QED) is 0.749. The fraction of sp³-hybridized carbons (Fsp3) is 0.381. The van der Waals surface area contributed by atoms with Gasteiger partial charge in [-0.2, -0.15) is 0 Å². The zero-order chi connectivity index (χ0) is 21.0. The van der Waals surface area contributed by atoms with Gasteiger partial charge in [-0.05, 0) is 68.3 Å². The second-order valence-corrected chi connectivity index (χ2v) is 9.23. The predicted octanol–water partition coefficient (Wildman–Crippen LogP) is 3.09. The first-order chi connectivity index (χ1) is 13.7. The van der Waals surface area contributed by atoms with E-state index in [9.17, 15) is 13.2 Å². The van der Waals surface area contributed by atoms with Crippen LogP contribution in [0.1, 0.15) is 19.8 Å². The third-order valence-electron chi connectivity index (χ3n) is 4.99. The van der Waals surface area contributed by atoms with Gasteiger partial charge >= 0.3 is 0 Å². The molecule has 3 rings (SSSR count). The van der Waals surface area contributed by atoms with E-state index in [4.69, 9.17) is 4.74 Å². The standard InChI is InChI=1S/C21H27N3O4S/c1-16(28-20-12-10-18(11-13-20)23(2)29(3,26)27)21(25)22-17-6-8-19(9-7-17)24-14-4-5-15-24/h6-13,16H,4-5,14-15H2,1-3H3,(H,22,25)/t16-/m0/s1. The van der Waals surface area contributed by atoms with Crippen molar-refractivity contribution in [1.82, 2.24) is 0 Å². The Balaban J connectivity index is 1.56. The highest BCUT2D eigenvalue weighted by atomic mass is 32.2. The molecule has 2 aromatic rings. The highest BCUT2D eigenvalue weighted by Crippen LogP contribution is 2.23. The molecule has 29 heavy (non-hydrogen) atoms. The second kappa shape index (κ2) is 8.73. The summed E-state index contributed by atoms with van der Waals surface area (Å²) in [4.78, 5) is 14.8. The summed E-state index contributed by atoms with van der Waals surface area (Å²) in [5.41, 5.74) is 2.41. The number of carbonyl (C=O) groups is 1. The maximum Gasteiger partial charge on any atom is 0.265 e. The Labute approximate surface area is 172 Å². The molecular formula is C21H27N3O4S. The summed E-state index contributed by atoms with van der Waals surface area (Å²) in [6, 6.07) is 14.4. The zero-order valence-corrected chi connectivity index (χ0v) is 17.8. The number of benzene rings is 2. The maximum atomic E-state index is 12.4. The van der Waals surface area contributed by atoms with Crippen LogP contribution in [-0.2, 0) is 14.8 Å². The molecular weight excluding hydrogens is 390 g/mol. The van der Waals surface area contributed by atoms with Crippen LogP contribution in [0.5, 0.6) is 5.75 Å². The third-order valence-corrected chi connectivity index (χ3v) is 6.19. The van der Waals surface area contributed by atoms with E-state index in [0.29, 0.717) is 11.4 Å². The summed E-state index contributed by atoms with van der Waals surface area (Å²) in [5, 5.41) is 2.86. The molecule has 0 unspecified atom stereocenters. The minimum absolute atomic E-state index is 0.253. The monoisotopic (exact) mass is 417 g/mol. The number of nitrogens with one attached hydrogen (secondary N) is 1. The van der Waals surface area contributed by atoms with Gasteiger partial charge in [0.1, 0.15) is 5.75 Å². The molecule has 1 aliphatic rings. The predicted molar refractivity (Wildman–Crippen MR) is 116 cm³/mol. The molecule has 1 fully saturated rings. The van der Waals surface area contributed by atoms with E-state index < -0.39 is 16.1 Å². The van der Waals surface area contributed by atoms with Gasteiger partial charge in [-0.15, -0.1) is 0 Å². The Bertz CT molecular complexity index is 937. The van der Waals surface area contributed by atoms with E-state index in [-0.39, 0.29) is 5.91 Å². The molecule has 0 bridgehead atoms. The molecule has 1 amide bonds. The van der Waals surface area contributed by atoms with Crippen molar-refractivity contribution in [3.05, 3.63) is 48.5 Å². The van der Waals surface area contributed by atoms with Crippen molar-refractivity contribution >= 4 is 33.0 Å². The summed E-state index contributed by atoms with van der Waals surface area (Å²) in [5.74, 6) is 0.235. The average molecular weight is 418 g/mol. The molecule has 1 aliphatic heterocycles. The lowest BCUT2D eigenvalue weighted by molar-refractivity contribution is -0.122. The zero-order valence-electron chi connectivity index (χ0n) is 17.0. The van der Waals surface area contributed by atoms with Gasteiger partial charge in [0.05, 0.1) is 11.9 Å². The van der Waals surface area contributed by atoms with Gasteiger partial charge in [-0.3, -0.25) is 9.10 Å². The molecule has 7 nitrogen and oxygen atoms in total. The molecule has 0 aromatic heterocycles. The fourth-order valence-corrected chi connectivity index (χ4v) is 3.66. The molecule has 1 saturated heterocycles. The lowest BCUT2D eigenvalue weighted by atomic mass is 10.2. The summed E-state index contributed by atoms with van der Waals surface area (Å²) in [7, 11) is -1.84. The Hall–Kier alpha value is -2.74. The van der Waals surface area contributed by atoms with E-state index in [1.54, 1.807) is 31.2 Å². The maximum absolute atomic E-state index is 12.4. The number of amides is 1.